The molecule has 0 atom stereocenters. The minimum Gasteiger partial charge on any atom is -0.357 e. The monoisotopic (exact) mass is 478 g/mol. The van der Waals surface area contributed by atoms with Crippen LogP contribution in [-0.4, -0.2) is 33.3 Å². The standard InChI is InChI=1S/C22H22N8O3S/c1-15(2)29-34(31,32)20-6-4-5-18(11-20)26-21-16(3)12-24-22(28-21)27-17-7-9-19(10-8-17)33-30-14-23-13-25-30/h4-14,29H,1H2,2-3H3,(H2,24,26,27,28). The maximum atomic E-state index is 12.4. The molecule has 4 aromatic rings. The van der Waals surface area contributed by atoms with Crippen molar-refractivity contribution in [1.29, 1.82) is 0 Å². The van der Waals surface area contributed by atoms with Gasteiger partial charge in [-0.05, 0) is 56.3 Å². The summed E-state index contributed by atoms with van der Waals surface area (Å²) in [5.41, 5.74) is 2.43. The largest absolute Gasteiger partial charge is 0.357 e. The summed E-state index contributed by atoms with van der Waals surface area (Å²) >= 11 is 0. The molecule has 0 aliphatic heterocycles. The number of allylic oxidation sites excluding steroid dienone is 1. The van der Waals surface area contributed by atoms with Gasteiger partial charge >= 0.3 is 0 Å². The molecule has 0 saturated heterocycles. The minimum atomic E-state index is -3.71. The molecule has 2 aromatic heterocycles. The van der Waals surface area contributed by atoms with E-state index in [1.807, 2.05) is 19.1 Å². The second-order valence-electron chi connectivity index (χ2n) is 7.30. The molecular weight excluding hydrogens is 456 g/mol. The van der Waals surface area contributed by atoms with Gasteiger partial charge in [0.2, 0.25) is 5.95 Å². The molecule has 0 radical (unpaired) electrons. The van der Waals surface area contributed by atoms with E-state index in [4.69, 9.17) is 4.84 Å². The van der Waals surface area contributed by atoms with Crippen molar-refractivity contribution in [2.45, 2.75) is 18.7 Å². The lowest BCUT2D eigenvalue weighted by Gasteiger charge is -2.13. The summed E-state index contributed by atoms with van der Waals surface area (Å²) in [6.45, 7) is 7.02. The van der Waals surface area contributed by atoms with Crippen LogP contribution in [0.1, 0.15) is 12.5 Å². The highest BCUT2D eigenvalue weighted by molar-refractivity contribution is 7.89. The van der Waals surface area contributed by atoms with Gasteiger partial charge < -0.3 is 15.5 Å². The number of nitrogens with one attached hydrogen (secondary N) is 3. The molecule has 0 unspecified atom stereocenters. The van der Waals surface area contributed by atoms with Gasteiger partial charge in [-0.3, -0.25) is 4.72 Å². The van der Waals surface area contributed by atoms with Gasteiger partial charge in [0.15, 0.2) is 12.1 Å². The Kier molecular flexibility index (Phi) is 6.41. The Bertz CT molecular complexity index is 1400. The van der Waals surface area contributed by atoms with Crippen LogP contribution in [0, 0.1) is 6.92 Å². The molecule has 2 aromatic carbocycles. The zero-order valence-electron chi connectivity index (χ0n) is 18.4. The van der Waals surface area contributed by atoms with Crippen molar-refractivity contribution >= 4 is 33.2 Å². The lowest BCUT2D eigenvalue weighted by atomic mass is 10.3. The van der Waals surface area contributed by atoms with Crippen molar-refractivity contribution in [3.8, 4) is 5.75 Å². The third-order valence-electron chi connectivity index (χ3n) is 4.39. The Labute approximate surface area is 196 Å². The third kappa shape index (κ3) is 5.66. The second kappa shape index (κ2) is 9.58. The molecule has 0 spiro atoms. The van der Waals surface area contributed by atoms with Crippen LogP contribution in [0.15, 0.2) is 84.6 Å². The van der Waals surface area contributed by atoms with E-state index in [0.29, 0.717) is 28.9 Å². The van der Waals surface area contributed by atoms with E-state index < -0.39 is 10.0 Å². The molecule has 174 valence electrons. The highest BCUT2D eigenvalue weighted by Crippen LogP contribution is 2.24. The molecule has 0 saturated carbocycles. The van der Waals surface area contributed by atoms with Crippen LogP contribution in [0.3, 0.4) is 0 Å². The molecule has 34 heavy (non-hydrogen) atoms. The Morgan fingerprint density at radius 2 is 1.88 bits per heavy atom. The molecule has 0 bridgehead atoms. The predicted molar refractivity (Wildman–Crippen MR) is 127 cm³/mol. The first kappa shape index (κ1) is 22.7. The van der Waals surface area contributed by atoms with E-state index in [2.05, 4.69) is 42.0 Å². The molecular formula is C22H22N8O3S. The SMILES string of the molecule is C=C(C)NS(=O)(=O)c1cccc(Nc2nc(Nc3ccc(On4cncn4)cc3)ncc2C)c1. The van der Waals surface area contributed by atoms with Crippen LogP contribution in [0.25, 0.3) is 0 Å². The molecule has 0 aliphatic carbocycles. The summed E-state index contributed by atoms with van der Waals surface area (Å²) in [7, 11) is -3.71. The van der Waals surface area contributed by atoms with Crippen molar-refractivity contribution in [1.82, 2.24) is 29.6 Å². The Morgan fingerprint density at radius 1 is 1.09 bits per heavy atom. The average molecular weight is 479 g/mol. The van der Waals surface area contributed by atoms with Crippen LogP contribution >= 0.6 is 0 Å². The predicted octanol–water partition coefficient (Wildman–Crippen LogP) is 3.52. The number of rotatable bonds is 9. The van der Waals surface area contributed by atoms with Crippen LogP contribution in [-0.2, 0) is 10.0 Å². The van der Waals surface area contributed by atoms with E-state index in [1.54, 1.807) is 37.4 Å². The summed E-state index contributed by atoms with van der Waals surface area (Å²) in [4.78, 5) is 19.5. The highest BCUT2D eigenvalue weighted by Gasteiger charge is 2.14. The van der Waals surface area contributed by atoms with E-state index >= 15 is 0 Å². The van der Waals surface area contributed by atoms with Gasteiger partial charge in [-0.15, -0.1) is 5.10 Å². The van der Waals surface area contributed by atoms with Crippen LogP contribution in [0.4, 0.5) is 23.1 Å². The molecule has 12 heteroatoms. The lowest BCUT2D eigenvalue weighted by Crippen LogP contribution is -2.21. The van der Waals surface area contributed by atoms with E-state index in [1.165, 1.54) is 29.6 Å². The number of hydrogen-bond acceptors (Lipinski definition) is 9. The smallest absolute Gasteiger partial charge is 0.261 e. The summed E-state index contributed by atoms with van der Waals surface area (Å²) < 4.78 is 27.3. The van der Waals surface area contributed by atoms with Crippen LogP contribution in [0.2, 0.25) is 0 Å². The van der Waals surface area contributed by atoms with Crippen molar-refractivity contribution < 1.29 is 13.3 Å². The van der Waals surface area contributed by atoms with Crippen molar-refractivity contribution in [2.24, 2.45) is 0 Å². The van der Waals surface area contributed by atoms with Gasteiger partial charge in [0.25, 0.3) is 10.0 Å². The fourth-order valence-corrected chi connectivity index (χ4v) is 3.99. The Morgan fingerprint density at radius 3 is 2.59 bits per heavy atom. The normalized spacial score (nSPS) is 11.0. The minimum absolute atomic E-state index is 0.110. The van der Waals surface area contributed by atoms with Crippen LogP contribution in [0.5, 0.6) is 5.75 Å². The topological polar surface area (TPSA) is 136 Å². The maximum Gasteiger partial charge on any atom is 0.261 e. The van der Waals surface area contributed by atoms with Gasteiger partial charge in [0, 0.05) is 28.8 Å². The molecule has 0 aliphatic rings. The zero-order valence-corrected chi connectivity index (χ0v) is 19.2. The number of aromatic nitrogens is 5. The van der Waals surface area contributed by atoms with E-state index in [0.717, 1.165) is 11.3 Å². The van der Waals surface area contributed by atoms with Gasteiger partial charge in [-0.1, -0.05) is 17.5 Å². The maximum absolute atomic E-state index is 12.4. The number of aryl methyl sites for hydroxylation is 1. The van der Waals surface area contributed by atoms with E-state index in [-0.39, 0.29) is 4.90 Å². The summed E-state index contributed by atoms with van der Waals surface area (Å²) in [5, 5.41) is 10.2. The number of sulfonamides is 1. The van der Waals surface area contributed by atoms with Crippen LogP contribution < -0.4 is 20.2 Å². The molecule has 0 fully saturated rings. The molecule has 3 N–H and O–H groups in total. The number of benzene rings is 2. The Hall–Kier alpha value is -4.45. The average Bonchev–Trinajstić information content (AvgIpc) is 3.30. The third-order valence-corrected chi connectivity index (χ3v) is 5.89. The number of nitrogens with zero attached hydrogens (tertiary/aromatic N) is 5. The fraction of sp³-hybridized carbons (Fsp3) is 0.0909. The van der Waals surface area contributed by atoms with Gasteiger partial charge in [-0.2, -0.15) is 4.98 Å². The Balaban J connectivity index is 1.48. The van der Waals surface area contributed by atoms with Crippen molar-refractivity contribution in [3.05, 3.63) is 85.2 Å². The lowest BCUT2D eigenvalue weighted by molar-refractivity contribution is 0.178. The first-order valence-corrected chi connectivity index (χ1v) is 11.6. The van der Waals surface area contributed by atoms with Gasteiger partial charge in [0.05, 0.1) is 4.90 Å². The summed E-state index contributed by atoms with van der Waals surface area (Å²) in [6.07, 6.45) is 4.50. The quantitative estimate of drug-likeness (QED) is 0.330. The highest BCUT2D eigenvalue weighted by atomic mass is 32.2. The van der Waals surface area contributed by atoms with Gasteiger partial charge in [-0.25, -0.2) is 18.4 Å². The summed E-state index contributed by atoms with van der Waals surface area (Å²) in [6, 6.07) is 13.6. The number of hydrogen-bond donors (Lipinski definition) is 3. The summed E-state index contributed by atoms with van der Waals surface area (Å²) in [5.74, 6) is 1.48. The molecule has 2 heterocycles. The first-order chi connectivity index (χ1) is 16.3. The fourth-order valence-electron chi connectivity index (χ4n) is 2.88. The van der Waals surface area contributed by atoms with Crippen molar-refractivity contribution in [2.75, 3.05) is 10.6 Å². The molecule has 4 rings (SSSR count). The van der Waals surface area contributed by atoms with Crippen molar-refractivity contribution in [3.63, 3.8) is 0 Å². The van der Waals surface area contributed by atoms with E-state index in [9.17, 15) is 8.42 Å². The van der Waals surface area contributed by atoms with Gasteiger partial charge in [0.1, 0.15) is 12.1 Å². The molecule has 0 amide bonds. The molecule has 11 nitrogen and oxygen atoms in total. The number of anilines is 4. The zero-order chi connectivity index (χ0) is 24.1. The second-order valence-corrected chi connectivity index (χ2v) is 8.98. The first-order valence-electron chi connectivity index (χ1n) is 10.1.